The number of carbonyl (C=O) groups excluding carboxylic acids is 1. The van der Waals surface area contributed by atoms with Gasteiger partial charge in [-0.3, -0.25) is 9.78 Å². The van der Waals surface area contributed by atoms with E-state index >= 15 is 8.78 Å². The molecule has 5 aromatic rings. The van der Waals surface area contributed by atoms with Gasteiger partial charge in [0.15, 0.2) is 11.6 Å². The number of hydrogen-bond donors (Lipinski definition) is 0. The van der Waals surface area contributed by atoms with Crippen LogP contribution in [0.3, 0.4) is 0 Å². The first-order valence-electron chi connectivity index (χ1n) is 16.8. The molecule has 2 aliphatic rings. The highest BCUT2D eigenvalue weighted by Gasteiger charge is 2.34. The van der Waals surface area contributed by atoms with Crippen molar-refractivity contribution in [1.82, 2.24) is 29.7 Å². The Morgan fingerprint density at radius 3 is 2.72 bits per heavy atom. The van der Waals surface area contributed by atoms with Crippen LogP contribution in [0.5, 0.6) is 6.01 Å². The molecule has 0 radical (unpaired) electrons. The number of nitrogens with zero attached hydrogens (tertiary/aromatic N) is 8. The maximum absolute atomic E-state index is 16.9. The number of anilines is 1. The lowest BCUT2D eigenvalue weighted by Crippen LogP contribution is -2.55. The monoisotopic (exact) mass is 694 g/mol. The van der Waals surface area contributed by atoms with Gasteiger partial charge in [-0.2, -0.15) is 15.2 Å². The average molecular weight is 695 g/mol. The zero-order chi connectivity index (χ0) is 34.8. The van der Waals surface area contributed by atoms with E-state index < -0.39 is 23.6 Å². The number of thiazole rings is 1. The lowest BCUT2D eigenvalue weighted by Gasteiger charge is -2.41. The van der Waals surface area contributed by atoms with E-state index in [1.807, 2.05) is 48.3 Å². The molecule has 0 unspecified atom stereocenters. The molecule has 5 heterocycles. The van der Waals surface area contributed by atoms with Crippen LogP contribution in [-0.4, -0.2) is 87.6 Å². The van der Waals surface area contributed by atoms with Crippen molar-refractivity contribution in [2.45, 2.75) is 44.7 Å². The van der Waals surface area contributed by atoms with Crippen LogP contribution in [0.15, 0.2) is 60.0 Å². The Morgan fingerprint density at radius 1 is 1.14 bits per heavy atom. The van der Waals surface area contributed by atoms with Crippen molar-refractivity contribution in [2.24, 2.45) is 0 Å². The second kappa shape index (κ2) is 14.4. The summed E-state index contributed by atoms with van der Waals surface area (Å²) in [5, 5.41) is 14.1. The lowest BCUT2D eigenvalue weighted by molar-refractivity contribution is -0.131. The van der Waals surface area contributed by atoms with Crippen LogP contribution in [-0.2, 0) is 11.2 Å². The van der Waals surface area contributed by atoms with Gasteiger partial charge in [0.2, 0.25) is 0 Å². The number of benzene rings is 2. The molecule has 0 bridgehead atoms. The Balaban J connectivity index is 1.28. The lowest BCUT2D eigenvalue weighted by atomic mass is 9.95. The Hall–Kier alpha value is -5.06. The van der Waals surface area contributed by atoms with Gasteiger partial charge in [-0.25, -0.2) is 13.8 Å². The molecule has 1 amide bonds. The van der Waals surface area contributed by atoms with Crippen LogP contribution < -0.4 is 9.64 Å². The van der Waals surface area contributed by atoms with Crippen LogP contribution >= 0.6 is 11.3 Å². The van der Waals surface area contributed by atoms with E-state index in [1.54, 1.807) is 11.6 Å². The Kier molecular flexibility index (Phi) is 9.65. The number of likely N-dealkylation sites (tertiary alicyclic amines) is 1. The Labute approximate surface area is 292 Å². The summed E-state index contributed by atoms with van der Waals surface area (Å²) in [7, 11) is 2.05. The number of fused-ring (bicyclic) bond motifs is 2. The maximum atomic E-state index is 16.9. The van der Waals surface area contributed by atoms with Gasteiger partial charge < -0.3 is 19.4 Å². The zero-order valence-corrected chi connectivity index (χ0v) is 28.7. The van der Waals surface area contributed by atoms with Crippen molar-refractivity contribution in [2.75, 3.05) is 44.7 Å². The number of piperazine rings is 1. The minimum absolute atomic E-state index is 0.0313. The molecule has 0 N–H and O–H groups in total. The third-order valence-electron chi connectivity index (χ3n) is 9.62. The molecule has 2 atom stereocenters. The highest BCUT2D eigenvalue weighted by molar-refractivity contribution is 7.10. The second-order valence-electron chi connectivity index (χ2n) is 12.6. The van der Waals surface area contributed by atoms with Gasteiger partial charge in [-0.1, -0.05) is 43.3 Å². The molecule has 2 fully saturated rings. The van der Waals surface area contributed by atoms with E-state index in [4.69, 9.17) is 9.72 Å². The fourth-order valence-corrected chi connectivity index (χ4v) is 7.55. The second-order valence-corrected chi connectivity index (χ2v) is 13.5. The predicted molar refractivity (Wildman–Crippen MR) is 190 cm³/mol. The number of aromatic nitrogens is 4. The molecule has 2 saturated heterocycles. The zero-order valence-electron chi connectivity index (χ0n) is 27.9. The van der Waals surface area contributed by atoms with E-state index in [0.717, 1.165) is 48.2 Å². The van der Waals surface area contributed by atoms with Crippen molar-refractivity contribution >= 4 is 50.8 Å². The first-order valence-corrected chi connectivity index (χ1v) is 17.6. The number of rotatable bonds is 9. The van der Waals surface area contributed by atoms with Crippen molar-refractivity contribution in [3.63, 3.8) is 0 Å². The average Bonchev–Trinajstić information content (AvgIpc) is 3.81. The number of amides is 1. The van der Waals surface area contributed by atoms with E-state index in [2.05, 4.69) is 32.8 Å². The normalized spacial score (nSPS) is 18.6. The third kappa shape index (κ3) is 6.48. The topological polar surface area (TPSA) is 111 Å². The molecule has 50 heavy (non-hydrogen) atoms. The molecule has 0 saturated carbocycles. The molecule has 0 spiro atoms. The molecule has 0 aliphatic carbocycles. The molecule has 7 rings (SSSR count). The standard InChI is InChI=1S/C37H36F2N8O2S/c1-3-23-7-4-8-24-9-5-11-27(31(23)24)33-32(39)34-28(20-42-33)35(44-37(43-34)49-22-26-10-6-15-45(26)2)46-16-17-47(25(21-46)12-13-40)36(48)29(38)19-30-41-14-18-50-30/h4-5,7-9,11,14,18-20,25-26H,3,6,10,12,15-17,21-22H2,1-2H3/b29-19-/t25-,26-/m0/s1. The highest BCUT2D eigenvalue weighted by atomic mass is 32.1. The summed E-state index contributed by atoms with van der Waals surface area (Å²) in [6, 6.07) is 13.5. The molecule has 256 valence electrons. The summed E-state index contributed by atoms with van der Waals surface area (Å²) in [5.74, 6) is -1.97. The molecule has 10 nitrogen and oxygen atoms in total. The number of aryl methyl sites for hydroxylation is 1. The first kappa shape index (κ1) is 33.4. The van der Waals surface area contributed by atoms with Crippen LogP contribution in [0.2, 0.25) is 0 Å². The van der Waals surface area contributed by atoms with E-state index in [1.165, 1.54) is 22.4 Å². The maximum Gasteiger partial charge on any atom is 0.319 e. The fraction of sp³-hybridized carbons (Fsp3) is 0.351. The summed E-state index contributed by atoms with van der Waals surface area (Å²) in [6.45, 7) is 3.90. The van der Waals surface area contributed by atoms with Crippen LogP contribution in [0.1, 0.15) is 36.8 Å². The van der Waals surface area contributed by atoms with Crippen LogP contribution in [0.4, 0.5) is 14.6 Å². The smallest absolute Gasteiger partial charge is 0.319 e. The Bertz CT molecular complexity index is 2110. The van der Waals surface area contributed by atoms with Crippen LogP contribution in [0.25, 0.3) is 39.0 Å². The summed E-state index contributed by atoms with van der Waals surface area (Å²) < 4.78 is 38.1. The molecular weight excluding hydrogens is 659 g/mol. The van der Waals surface area contributed by atoms with Gasteiger partial charge in [0.25, 0.3) is 5.91 Å². The van der Waals surface area contributed by atoms with E-state index in [-0.39, 0.29) is 49.3 Å². The van der Waals surface area contributed by atoms with Crippen molar-refractivity contribution in [3.05, 3.63) is 76.4 Å². The Morgan fingerprint density at radius 2 is 1.98 bits per heavy atom. The minimum atomic E-state index is -0.949. The van der Waals surface area contributed by atoms with Crippen molar-refractivity contribution in [1.29, 1.82) is 5.26 Å². The van der Waals surface area contributed by atoms with Gasteiger partial charge in [0.1, 0.15) is 28.6 Å². The largest absolute Gasteiger partial charge is 0.462 e. The number of ether oxygens (including phenoxy) is 1. The number of halogens is 2. The van der Waals surface area contributed by atoms with Crippen molar-refractivity contribution < 1.29 is 18.3 Å². The fourth-order valence-electron chi connectivity index (χ4n) is 6.99. The van der Waals surface area contributed by atoms with Gasteiger partial charge in [-0.05, 0) is 49.2 Å². The molecule has 3 aromatic heterocycles. The SMILES string of the molecule is CCc1cccc2cccc(-c3ncc4c(N5CCN(C(=O)/C(F)=C/c6nccs6)[C@@H](CC#N)C5)nc(OC[C@@H]5CCCN5C)nc4c3F)c12. The minimum Gasteiger partial charge on any atom is -0.462 e. The van der Waals surface area contributed by atoms with Gasteiger partial charge in [0.05, 0.1) is 23.9 Å². The predicted octanol–water partition coefficient (Wildman–Crippen LogP) is 6.42. The van der Waals surface area contributed by atoms with E-state index in [9.17, 15) is 10.1 Å². The van der Waals surface area contributed by atoms with Gasteiger partial charge in [-0.15, -0.1) is 11.3 Å². The highest BCUT2D eigenvalue weighted by Crippen LogP contribution is 2.37. The molecule has 13 heteroatoms. The molecular formula is C37H36F2N8O2S. The summed E-state index contributed by atoms with van der Waals surface area (Å²) in [4.78, 5) is 36.8. The number of nitriles is 1. The quantitative estimate of drug-likeness (QED) is 0.162. The number of hydrogen-bond acceptors (Lipinski definition) is 10. The van der Waals surface area contributed by atoms with Crippen molar-refractivity contribution in [3.8, 4) is 23.3 Å². The van der Waals surface area contributed by atoms with Crippen LogP contribution in [0, 0.1) is 17.1 Å². The number of likely N-dealkylation sites (N-methyl/N-ethyl adjacent to an activating group) is 1. The third-order valence-corrected chi connectivity index (χ3v) is 10.3. The number of carbonyl (C=O) groups is 1. The molecule has 2 aromatic carbocycles. The first-order chi connectivity index (χ1) is 24.4. The van der Waals surface area contributed by atoms with Gasteiger partial charge >= 0.3 is 6.01 Å². The summed E-state index contributed by atoms with van der Waals surface area (Å²) in [5.41, 5.74) is 1.99. The molecule has 2 aliphatic heterocycles. The summed E-state index contributed by atoms with van der Waals surface area (Å²) >= 11 is 1.22. The number of pyridine rings is 1. The van der Waals surface area contributed by atoms with E-state index in [0.29, 0.717) is 28.4 Å². The summed E-state index contributed by atoms with van der Waals surface area (Å²) in [6.07, 6.45) is 6.99. The van der Waals surface area contributed by atoms with Gasteiger partial charge in [0, 0.05) is 55.1 Å².